The van der Waals surface area contributed by atoms with E-state index < -0.39 is 23.3 Å². The largest absolute Gasteiger partial charge is 0.449 e. The fourth-order valence-electron chi connectivity index (χ4n) is 4.82. The number of alkyl carbamates (subject to hydrolysis) is 1. The summed E-state index contributed by atoms with van der Waals surface area (Å²) >= 11 is 0. The highest BCUT2D eigenvalue weighted by molar-refractivity contribution is 5.79. The van der Waals surface area contributed by atoms with Crippen LogP contribution in [0, 0.1) is 17.2 Å². The number of nitrogens with zero attached hydrogens (tertiary/aromatic N) is 2. The molecule has 4 rings (SSSR count). The number of ether oxygens (including phenoxy) is 2. The number of hydrogen-bond donors (Lipinski definition) is 1. The van der Waals surface area contributed by atoms with Crippen LogP contribution in [0.15, 0.2) is 48.5 Å². The Bertz CT molecular complexity index is 1090. The van der Waals surface area contributed by atoms with E-state index >= 15 is 0 Å². The SMILES string of the molecule is CC1CN(C(=O)OC(C)(C)C)CCC1(C#N)NC(=O)OCC1c2ccccc2-c2ccccc21. The van der Waals surface area contributed by atoms with E-state index in [-0.39, 0.29) is 18.4 Å². The van der Waals surface area contributed by atoms with Crippen molar-refractivity contribution in [1.82, 2.24) is 10.2 Å². The van der Waals surface area contributed by atoms with Crippen molar-refractivity contribution in [2.75, 3.05) is 19.7 Å². The third-order valence-electron chi connectivity index (χ3n) is 6.63. The van der Waals surface area contributed by atoms with Crippen LogP contribution in [-0.2, 0) is 9.47 Å². The van der Waals surface area contributed by atoms with Gasteiger partial charge in [0.25, 0.3) is 0 Å². The van der Waals surface area contributed by atoms with Gasteiger partial charge in [-0.15, -0.1) is 0 Å². The molecule has 1 aliphatic carbocycles. The predicted octanol–water partition coefficient (Wildman–Crippen LogP) is 5.06. The zero-order valence-corrected chi connectivity index (χ0v) is 20.1. The van der Waals surface area contributed by atoms with Crippen LogP contribution >= 0.6 is 0 Å². The molecule has 7 nitrogen and oxygen atoms in total. The number of likely N-dealkylation sites (tertiary alicyclic amines) is 1. The van der Waals surface area contributed by atoms with Gasteiger partial charge in [0, 0.05) is 31.3 Å². The summed E-state index contributed by atoms with van der Waals surface area (Å²) in [4.78, 5) is 26.8. The summed E-state index contributed by atoms with van der Waals surface area (Å²) in [6.07, 6.45) is -0.735. The molecule has 0 bridgehead atoms. The molecule has 1 heterocycles. The molecule has 178 valence electrons. The molecule has 0 radical (unpaired) electrons. The minimum absolute atomic E-state index is 0.0531. The number of amides is 2. The normalized spacial score (nSPS) is 21.7. The van der Waals surface area contributed by atoms with Gasteiger partial charge in [0.1, 0.15) is 17.7 Å². The molecule has 1 fully saturated rings. The fourth-order valence-corrected chi connectivity index (χ4v) is 4.82. The summed E-state index contributed by atoms with van der Waals surface area (Å²) in [6.45, 7) is 8.11. The van der Waals surface area contributed by atoms with Gasteiger partial charge in [-0.3, -0.25) is 0 Å². The van der Waals surface area contributed by atoms with Gasteiger partial charge in [-0.05, 0) is 43.0 Å². The maximum Gasteiger partial charge on any atom is 0.410 e. The molecule has 34 heavy (non-hydrogen) atoms. The lowest BCUT2D eigenvalue weighted by Gasteiger charge is -2.42. The van der Waals surface area contributed by atoms with Crippen molar-refractivity contribution in [2.45, 2.75) is 51.2 Å². The van der Waals surface area contributed by atoms with Crippen LogP contribution in [0.5, 0.6) is 0 Å². The molecule has 1 aliphatic heterocycles. The quantitative estimate of drug-likeness (QED) is 0.689. The van der Waals surface area contributed by atoms with Crippen LogP contribution in [0.2, 0.25) is 0 Å². The maximum absolute atomic E-state index is 12.8. The van der Waals surface area contributed by atoms with E-state index in [0.29, 0.717) is 19.5 Å². The van der Waals surface area contributed by atoms with Gasteiger partial charge in [-0.25, -0.2) is 9.59 Å². The number of carbonyl (C=O) groups is 2. The van der Waals surface area contributed by atoms with E-state index in [9.17, 15) is 14.9 Å². The first-order chi connectivity index (χ1) is 16.1. The summed E-state index contributed by atoms with van der Waals surface area (Å²) in [6, 6.07) is 18.6. The summed E-state index contributed by atoms with van der Waals surface area (Å²) in [5, 5.41) is 12.8. The van der Waals surface area contributed by atoms with Gasteiger partial charge in [-0.2, -0.15) is 5.26 Å². The number of rotatable bonds is 3. The number of nitrogens with one attached hydrogen (secondary N) is 1. The Morgan fingerprint density at radius 3 is 2.24 bits per heavy atom. The minimum atomic E-state index is -1.11. The average Bonchev–Trinajstić information content (AvgIpc) is 3.11. The summed E-state index contributed by atoms with van der Waals surface area (Å²) in [5.74, 6) is -0.345. The van der Waals surface area contributed by atoms with Gasteiger partial charge in [0.15, 0.2) is 0 Å². The lowest BCUT2D eigenvalue weighted by atomic mass is 9.80. The molecule has 2 atom stereocenters. The zero-order valence-electron chi connectivity index (χ0n) is 20.1. The van der Waals surface area contributed by atoms with Crippen LogP contribution in [-0.4, -0.2) is 47.9 Å². The number of benzene rings is 2. The van der Waals surface area contributed by atoms with E-state index in [2.05, 4.69) is 35.7 Å². The molecule has 0 spiro atoms. The molecule has 0 saturated carbocycles. The Morgan fingerprint density at radius 1 is 1.12 bits per heavy atom. The Labute approximate surface area is 200 Å². The van der Waals surface area contributed by atoms with Crippen molar-refractivity contribution in [2.24, 2.45) is 5.92 Å². The van der Waals surface area contributed by atoms with Gasteiger partial charge in [0.05, 0.1) is 6.07 Å². The van der Waals surface area contributed by atoms with E-state index in [4.69, 9.17) is 9.47 Å². The van der Waals surface area contributed by atoms with Gasteiger partial charge in [-0.1, -0.05) is 55.5 Å². The molecule has 2 aromatic rings. The minimum Gasteiger partial charge on any atom is -0.449 e. The third kappa shape index (κ3) is 4.58. The molecule has 2 amide bonds. The van der Waals surface area contributed by atoms with Gasteiger partial charge in [0.2, 0.25) is 0 Å². The first-order valence-electron chi connectivity index (χ1n) is 11.7. The van der Waals surface area contributed by atoms with Crippen LogP contribution in [0.3, 0.4) is 0 Å². The van der Waals surface area contributed by atoms with Crippen molar-refractivity contribution in [3.63, 3.8) is 0 Å². The van der Waals surface area contributed by atoms with Crippen molar-refractivity contribution in [3.05, 3.63) is 59.7 Å². The molecule has 2 aliphatic rings. The molecule has 2 aromatic carbocycles. The lowest BCUT2D eigenvalue weighted by molar-refractivity contribution is 0.00985. The summed E-state index contributed by atoms with van der Waals surface area (Å²) in [7, 11) is 0. The second-order valence-corrected chi connectivity index (χ2v) is 10.1. The average molecular weight is 462 g/mol. The summed E-state index contributed by atoms with van der Waals surface area (Å²) < 4.78 is 11.1. The molecule has 2 unspecified atom stereocenters. The van der Waals surface area contributed by atoms with Crippen molar-refractivity contribution < 1.29 is 19.1 Å². The van der Waals surface area contributed by atoms with Crippen LogP contribution in [0.1, 0.15) is 51.2 Å². The second-order valence-electron chi connectivity index (χ2n) is 10.1. The Balaban J connectivity index is 1.40. The van der Waals surface area contributed by atoms with E-state index in [0.717, 1.165) is 22.3 Å². The highest BCUT2D eigenvalue weighted by Crippen LogP contribution is 2.44. The third-order valence-corrected chi connectivity index (χ3v) is 6.63. The Kier molecular flexibility index (Phi) is 6.26. The smallest absolute Gasteiger partial charge is 0.410 e. The van der Waals surface area contributed by atoms with E-state index in [1.54, 1.807) is 4.90 Å². The van der Waals surface area contributed by atoms with Crippen molar-refractivity contribution in [1.29, 1.82) is 5.26 Å². The summed E-state index contributed by atoms with van der Waals surface area (Å²) in [5.41, 5.74) is 2.87. The molecule has 1 saturated heterocycles. The monoisotopic (exact) mass is 461 g/mol. The predicted molar refractivity (Wildman–Crippen MR) is 128 cm³/mol. The number of piperidine rings is 1. The number of hydrogen-bond acceptors (Lipinski definition) is 5. The topological polar surface area (TPSA) is 91.7 Å². The van der Waals surface area contributed by atoms with Crippen molar-refractivity contribution in [3.8, 4) is 17.2 Å². The molecule has 1 N–H and O–H groups in total. The molecular formula is C27H31N3O4. The number of nitriles is 1. The maximum atomic E-state index is 12.8. The lowest BCUT2D eigenvalue weighted by Crippen LogP contribution is -2.60. The van der Waals surface area contributed by atoms with Crippen LogP contribution < -0.4 is 5.32 Å². The van der Waals surface area contributed by atoms with Crippen molar-refractivity contribution >= 4 is 12.2 Å². The number of fused-ring (bicyclic) bond motifs is 3. The highest BCUT2D eigenvalue weighted by atomic mass is 16.6. The molecular weight excluding hydrogens is 430 g/mol. The second kappa shape index (κ2) is 9.02. The molecule has 0 aromatic heterocycles. The van der Waals surface area contributed by atoms with E-state index in [1.807, 2.05) is 52.0 Å². The highest BCUT2D eigenvalue weighted by Gasteiger charge is 2.44. The first kappa shape index (κ1) is 23.6. The van der Waals surface area contributed by atoms with Gasteiger partial charge >= 0.3 is 12.2 Å². The number of carbonyl (C=O) groups excluding carboxylic acids is 2. The Morgan fingerprint density at radius 2 is 1.71 bits per heavy atom. The zero-order chi connectivity index (χ0) is 24.5. The fraction of sp³-hybridized carbons (Fsp3) is 0.444. The van der Waals surface area contributed by atoms with Gasteiger partial charge < -0.3 is 19.7 Å². The van der Waals surface area contributed by atoms with E-state index in [1.165, 1.54) is 0 Å². The Hall–Kier alpha value is -3.53. The van der Waals surface area contributed by atoms with Crippen LogP contribution in [0.25, 0.3) is 11.1 Å². The molecule has 7 heteroatoms. The first-order valence-corrected chi connectivity index (χ1v) is 11.7. The standard InChI is InChI=1S/C27H31N3O4/c1-18-15-30(25(32)34-26(2,3)4)14-13-27(18,17-28)29-24(31)33-16-23-21-11-7-5-9-19(21)20-10-6-8-12-22(20)23/h5-12,18,23H,13-16H2,1-4H3,(H,29,31). The van der Waals surface area contributed by atoms with Crippen LogP contribution in [0.4, 0.5) is 9.59 Å².